The Kier molecular flexibility index (Phi) is 3.67. The molecule has 22 heavy (non-hydrogen) atoms. The number of nitrogens with zero attached hydrogens (tertiary/aromatic N) is 2. The third-order valence-corrected chi connectivity index (χ3v) is 3.54. The summed E-state index contributed by atoms with van der Waals surface area (Å²) >= 11 is 0. The van der Waals surface area contributed by atoms with E-state index in [0.717, 1.165) is 17.0 Å². The van der Waals surface area contributed by atoms with Gasteiger partial charge in [-0.2, -0.15) is 0 Å². The molecule has 0 atom stereocenters. The SMILES string of the molecule is CC(C)Cc1nc2ccccc2c(=O)n1-c1ccc(O)cc1. The minimum Gasteiger partial charge on any atom is -0.508 e. The van der Waals surface area contributed by atoms with Crippen LogP contribution in [0.1, 0.15) is 19.7 Å². The fourth-order valence-corrected chi connectivity index (χ4v) is 2.55. The summed E-state index contributed by atoms with van der Waals surface area (Å²) in [7, 11) is 0. The normalized spacial score (nSPS) is 11.2. The molecule has 1 heterocycles. The van der Waals surface area contributed by atoms with Crippen molar-refractivity contribution >= 4 is 10.9 Å². The van der Waals surface area contributed by atoms with Crippen LogP contribution in [-0.2, 0) is 6.42 Å². The van der Waals surface area contributed by atoms with Gasteiger partial charge in [0.25, 0.3) is 5.56 Å². The molecule has 0 radical (unpaired) electrons. The van der Waals surface area contributed by atoms with Crippen molar-refractivity contribution in [2.45, 2.75) is 20.3 Å². The number of phenolic OH excluding ortho intramolecular Hbond substituents is 1. The van der Waals surface area contributed by atoms with Crippen molar-refractivity contribution in [2.24, 2.45) is 5.92 Å². The Balaban J connectivity index is 2.32. The first-order valence-corrected chi connectivity index (χ1v) is 7.36. The Morgan fingerprint density at radius 1 is 1.09 bits per heavy atom. The van der Waals surface area contributed by atoms with E-state index in [1.165, 1.54) is 0 Å². The van der Waals surface area contributed by atoms with Gasteiger partial charge >= 0.3 is 0 Å². The van der Waals surface area contributed by atoms with Crippen molar-refractivity contribution in [3.8, 4) is 11.4 Å². The maximum Gasteiger partial charge on any atom is 0.265 e. The van der Waals surface area contributed by atoms with Crippen LogP contribution in [0, 0.1) is 5.92 Å². The molecule has 4 nitrogen and oxygen atoms in total. The standard InChI is InChI=1S/C18H18N2O2/c1-12(2)11-17-19-16-6-4-3-5-15(16)18(22)20(17)13-7-9-14(21)10-8-13/h3-10,12,21H,11H2,1-2H3. The number of aromatic hydroxyl groups is 1. The van der Waals surface area contributed by atoms with E-state index in [-0.39, 0.29) is 11.3 Å². The minimum atomic E-state index is -0.0769. The second-order valence-electron chi connectivity index (χ2n) is 5.80. The van der Waals surface area contributed by atoms with Gasteiger partial charge in [0.15, 0.2) is 0 Å². The predicted octanol–water partition coefficient (Wildman–Crippen LogP) is 3.29. The summed E-state index contributed by atoms with van der Waals surface area (Å²) < 4.78 is 1.64. The molecule has 0 unspecified atom stereocenters. The topological polar surface area (TPSA) is 55.1 Å². The molecule has 1 N–H and O–H groups in total. The monoisotopic (exact) mass is 294 g/mol. The molecule has 4 heteroatoms. The van der Waals surface area contributed by atoms with Crippen LogP contribution in [0.15, 0.2) is 53.3 Å². The third kappa shape index (κ3) is 2.60. The van der Waals surface area contributed by atoms with Crippen LogP contribution in [0.3, 0.4) is 0 Å². The van der Waals surface area contributed by atoms with Gasteiger partial charge < -0.3 is 5.11 Å². The molecule has 0 aliphatic rings. The van der Waals surface area contributed by atoms with Gasteiger partial charge in [0.1, 0.15) is 11.6 Å². The highest BCUT2D eigenvalue weighted by Gasteiger charge is 2.13. The molecular formula is C18H18N2O2. The minimum absolute atomic E-state index is 0.0769. The van der Waals surface area contributed by atoms with E-state index in [0.29, 0.717) is 17.7 Å². The summed E-state index contributed by atoms with van der Waals surface area (Å²) in [5.41, 5.74) is 1.36. The van der Waals surface area contributed by atoms with E-state index < -0.39 is 0 Å². The van der Waals surface area contributed by atoms with E-state index in [9.17, 15) is 9.90 Å². The van der Waals surface area contributed by atoms with Crippen LogP contribution in [0.25, 0.3) is 16.6 Å². The summed E-state index contributed by atoms with van der Waals surface area (Å²) in [4.78, 5) is 17.6. The van der Waals surface area contributed by atoms with Gasteiger partial charge in [-0.1, -0.05) is 26.0 Å². The van der Waals surface area contributed by atoms with Crippen molar-refractivity contribution in [3.63, 3.8) is 0 Å². The summed E-state index contributed by atoms with van der Waals surface area (Å²) in [5.74, 6) is 1.30. The zero-order valence-corrected chi connectivity index (χ0v) is 12.7. The van der Waals surface area contributed by atoms with Gasteiger partial charge in [-0.15, -0.1) is 0 Å². The molecule has 112 valence electrons. The lowest BCUT2D eigenvalue weighted by Gasteiger charge is -2.15. The molecule has 0 bridgehead atoms. The predicted molar refractivity (Wildman–Crippen MR) is 87.5 cm³/mol. The van der Waals surface area contributed by atoms with Gasteiger partial charge in [0.05, 0.1) is 16.6 Å². The van der Waals surface area contributed by atoms with Crippen LogP contribution in [0.4, 0.5) is 0 Å². The van der Waals surface area contributed by atoms with Gasteiger partial charge in [0, 0.05) is 6.42 Å². The number of phenols is 1. The van der Waals surface area contributed by atoms with E-state index in [4.69, 9.17) is 0 Å². The second-order valence-corrected chi connectivity index (χ2v) is 5.80. The lowest BCUT2D eigenvalue weighted by Crippen LogP contribution is -2.24. The molecule has 2 aromatic carbocycles. The second kappa shape index (κ2) is 5.64. The van der Waals surface area contributed by atoms with Crippen LogP contribution in [0.5, 0.6) is 5.75 Å². The van der Waals surface area contributed by atoms with Crippen molar-refractivity contribution in [1.29, 1.82) is 0 Å². The fraction of sp³-hybridized carbons (Fsp3) is 0.222. The molecule has 0 spiro atoms. The largest absolute Gasteiger partial charge is 0.508 e. The molecule has 0 saturated heterocycles. The molecule has 3 aromatic rings. The van der Waals surface area contributed by atoms with E-state index in [1.807, 2.05) is 18.2 Å². The number of rotatable bonds is 3. The number of hydrogen-bond donors (Lipinski definition) is 1. The molecule has 0 saturated carbocycles. The van der Waals surface area contributed by atoms with Gasteiger partial charge in [-0.05, 0) is 42.3 Å². The highest BCUT2D eigenvalue weighted by molar-refractivity contribution is 5.77. The van der Waals surface area contributed by atoms with Crippen molar-refractivity contribution in [3.05, 3.63) is 64.7 Å². The Morgan fingerprint density at radius 2 is 1.77 bits per heavy atom. The maximum absolute atomic E-state index is 12.9. The van der Waals surface area contributed by atoms with E-state index >= 15 is 0 Å². The Morgan fingerprint density at radius 3 is 2.45 bits per heavy atom. The first kappa shape index (κ1) is 14.3. The van der Waals surface area contributed by atoms with Gasteiger partial charge in [-0.3, -0.25) is 9.36 Å². The maximum atomic E-state index is 12.9. The van der Waals surface area contributed by atoms with E-state index in [2.05, 4.69) is 18.8 Å². The van der Waals surface area contributed by atoms with Crippen LogP contribution in [0.2, 0.25) is 0 Å². The third-order valence-electron chi connectivity index (χ3n) is 3.54. The number of hydrogen-bond acceptors (Lipinski definition) is 3. The number of aromatic nitrogens is 2. The number of para-hydroxylation sites is 1. The average Bonchev–Trinajstić information content (AvgIpc) is 2.48. The summed E-state index contributed by atoms with van der Waals surface area (Å²) in [5, 5.41) is 10.1. The zero-order chi connectivity index (χ0) is 15.7. The van der Waals surface area contributed by atoms with E-state index in [1.54, 1.807) is 34.9 Å². The lowest BCUT2D eigenvalue weighted by atomic mass is 10.1. The zero-order valence-electron chi connectivity index (χ0n) is 12.7. The Bertz CT molecular complexity index is 864. The summed E-state index contributed by atoms with van der Waals surface area (Å²) in [6.45, 7) is 4.20. The number of benzene rings is 2. The first-order chi connectivity index (χ1) is 10.6. The van der Waals surface area contributed by atoms with Crippen LogP contribution in [-0.4, -0.2) is 14.7 Å². The van der Waals surface area contributed by atoms with Crippen LogP contribution < -0.4 is 5.56 Å². The Labute approximate surface area is 128 Å². The van der Waals surface area contributed by atoms with Gasteiger partial charge in [-0.25, -0.2) is 4.98 Å². The van der Waals surface area contributed by atoms with Crippen LogP contribution >= 0.6 is 0 Å². The molecule has 0 amide bonds. The molecule has 3 rings (SSSR count). The molecule has 0 aliphatic carbocycles. The quantitative estimate of drug-likeness (QED) is 0.806. The molecule has 0 fully saturated rings. The summed E-state index contributed by atoms with van der Waals surface area (Å²) in [6.07, 6.45) is 0.709. The highest BCUT2D eigenvalue weighted by atomic mass is 16.3. The van der Waals surface area contributed by atoms with Crippen molar-refractivity contribution in [2.75, 3.05) is 0 Å². The highest BCUT2D eigenvalue weighted by Crippen LogP contribution is 2.17. The van der Waals surface area contributed by atoms with Crippen molar-refractivity contribution < 1.29 is 5.11 Å². The Hall–Kier alpha value is -2.62. The van der Waals surface area contributed by atoms with Crippen molar-refractivity contribution in [1.82, 2.24) is 9.55 Å². The fourth-order valence-electron chi connectivity index (χ4n) is 2.55. The van der Waals surface area contributed by atoms with Gasteiger partial charge in [0.2, 0.25) is 0 Å². The smallest absolute Gasteiger partial charge is 0.265 e. The summed E-state index contributed by atoms with van der Waals surface area (Å²) in [6, 6.07) is 14.0. The lowest BCUT2D eigenvalue weighted by molar-refractivity contribution is 0.475. The first-order valence-electron chi connectivity index (χ1n) is 7.36. The number of fused-ring (bicyclic) bond motifs is 1. The molecule has 0 aliphatic heterocycles. The molecule has 1 aromatic heterocycles. The average molecular weight is 294 g/mol. The molecular weight excluding hydrogens is 276 g/mol.